The molecule has 4 rings (SSSR count). The highest BCUT2D eigenvalue weighted by Crippen LogP contribution is 2.13. The predicted octanol–water partition coefficient (Wildman–Crippen LogP) is 2.71. The van der Waals surface area contributed by atoms with E-state index in [9.17, 15) is 9.59 Å². The van der Waals surface area contributed by atoms with Crippen molar-refractivity contribution in [3.63, 3.8) is 0 Å². The first-order valence-corrected chi connectivity index (χ1v) is 10.1. The fourth-order valence-electron chi connectivity index (χ4n) is 3.02. The van der Waals surface area contributed by atoms with Crippen molar-refractivity contribution in [1.82, 2.24) is 24.8 Å². The van der Waals surface area contributed by atoms with Gasteiger partial charge in [-0.25, -0.2) is 15.0 Å². The van der Waals surface area contributed by atoms with Gasteiger partial charge >= 0.3 is 0 Å². The summed E-state index contributed by atoms with van der Waals surface area (Å²) in [6.45, 7) is 0.873. The lowest BCUT2D eigenvalue weighted by Crippen LogP contribution is -2.31. The molecule has 0 saturated carbocycles. The van der Waals surface area contributed by atoms with Crippen LogP contribution in [-0.2, 0) is 13.2 Å². The van der Waals surface area contributed by atoms with Gasteiger partial charge in [0.1, 0.15) is 18.6 Å². The molecule has 8 nitrogen and oxygen atoms in total. The third-order valence-corrected chi connectivity index (χ3v) is 4.69. The molecule has 0 bridgehead atoms. The van der Waals surface area contributed by atoms with Gasteiger partial charge in [-0.2, -0.15) is 0 Å². The maximum Gasteiger partial charge on any atom is 0.270 e. The monoisotopic (exact) mass is 427 g/mol. The Kier molecular flexibility index (Phi) is 6.62. The molecule has 160 valence electrons. The van der Waals surface area contributed by atoms with Crippen molar-refractivity contribution in [3.05, 3.63) is 107 Å². The minimum Gasteiger partial charge on any atom is -0.473 e. The molecule has 2 aromatic carbocycles. The lowest BCUT2D eigenvalue weighted by molar-refractivity contribution is 0.0946. The van der Waals surface area contributed by atoms with Crippen molar-refractivity contribution in [3.8, 4) is 17.1 Å². The van der Waals surface area contributed by atoms with Crippen LogP contribution in [0.25, 0.3) is 11.3 Å². The van der Waals surface area contributed by atoms with Crippen LogP contribution >= 0.6 is 0 Å². The number of carbonyl (C=O) groups excluding carboxylic acids is 1. The Bertz CT molecular complexity index is 1240. The van der Waals surface area contributed by atoms with Crippen LogP contribution < -0.4 is 15.6 Å². The largest absolute Gasteiger partial charge is 0.473 e. The second kappa shape index (κ2) is 10.1. The third kappa shape index (κ3) is 5.42. The summed E-state index contributed by atoms with van der Waals surface area (Å²) in [6, 6.07) is 22.1. The molecular weight excluding hydrogens is 406 g/mol. The van der Waals surface area contributed by atoms with Gasteiger partial charge in [0.05, 0.1) is 12.0 Å². The minimum absolute atomic E-state index is 0.188. The van der Waals surface area contributed by atoms with Gasteiger partial charge < -0.3 is 10.1 Å². The van der Waals surface area contributed by atoms with Crippen LogP contribution in [-0.4, -0.2) is 32.0 Å². The minimum atomic E-state index is -0.376. The van der Waals surface area contributed by atoms with Crippen LogP contribution in [0.15, 0.2) is 90.2 Å². The Morgan fingerprint density at radius 3 is 2.44 bits per heavy atom. The number of nitrogens with zero attached hydrogens (tertiary/aromatic N) is 4. The Balaban J connectivity index is 1.32. The van der Waals surface area contributed by atoms with E-state index in [4.69, 9.17) is 4.74 Å². The molecule has 0 radical (unpaired) electrons. The van der Waals surface area contributed by atoms with E-state index in [1.807, 2.05) is 60.7 Å². The Hall–Kier alpha value is -4.33. The van der Waals surface area contributed by atoms with Crippen LogP contribution in [0.3, 0.4) is 0 Å². The van der Waals surface area contributed by atoms with Crippen molar-refractivity contribution >= 4 is 5.91 Å². The molecule has 0 atom stereocenters. The highest BCUT2D eigenvalue weighted by Gasteiger charge is 2.10. The number of aromatic nitrogens is 4. The van der Waals surface area contributed by atoms with E-state index in [0.29, 0.717) is 18.2 Å². The van der Waals surface area contributed by atoms with Gasteiger partial charge in [-0.3, -0.25) is 14.2 Å². The molecule has 8 heteroatoms. The van der Waals surface area contributed by atoms with E-state index in [0.717, 1.165) is 11.1 Å². The molecule has 1 N–H and O–H groups in total. The van der Waals surface area contributed by atoms with Crippen molar-refractivity contribution in [2.45, 2.75) is 13.2 Å². The molecule has 4 aromatic rings. The van der Waals surface area contributed by atoms with Gasteiger partial charge in [-0.1, -0.05) is 60.7 Å². The SMILES string of the molecule is O=C(NCCn1cnc(-c2ccccc2)cc1=O)c1cc(OCc2ccccc2)ncn1. The molecule has 0 fully saturated rings. The summed E-state index contributed by atoms with van der Waals surface area (Å²) in [6.07, 6.45) is 2.77. The van der Waals surface area contributed by atoms with E-state index in [2.05, 4.69) is 20.3 Å². The number of hydrogen-bond donors (Lipinski definition) is 1. The number of benzene rings is 2. The summed E-state index contributed by atoms with van der Waals surface area (Å²) >= 11 is 0. The van der Waals surface area contributed by atoms with Crippen molar-refractivity contribution in [2.24, 2.45) is 0 Å². The van der Waals surface area contributed by atoms with E-state index in [1.54, 1.807) is 0 Å². The van der Waals surface area contributed by atoms with Gasteiger partial charge in [-0.15, -0.1) is 0 Å². The highest BCUT2D eigenvalue weighted by atomic mass is 16.5. The molecule has 1 amide bonds. The lowest BCUT2D eigenvalue weighted by atomic mass is 10.1. The Morgan fingerprint density at radius 1 is 0.938 bits per heavy atom. The number of amides is 1. The van der Waals surface area contributed by atoms with Gasteiger partial charge in [0, 0.05) is 30.8 Å². The van der Waals surface area contributed by atoms with Crippen LogP contribution in [0.1, 0.15) is 16.1 Å². The lowest BCUT2D eigenvalue weighted by Gasteiger charge is -2.09. The second-order valence-corrected chi connectivity index (χ2v) is 6.94. The van der Waals surface area contributed by atoms with Crippen LogP contribution in [0.4, 0.5) is 0 Å². The fourth-order valence-corrected chi connectivity index (χ4v) is 3.02. The zero-order valence-electron chi connectivity index (χ0n) is 17.2. The van der Waals surface area contributed by atoms with Crippen LogP contribution in [0.2, 0.25) is 0 Å². The molecule has 0 aliphatic heterocycles. The van der Waals surface area contributed by atoms with Crippen LogP contribution in [0.5, 0.6) is 5.88 Å². The molecule has 0 aliphatic rings. The first-order chi connectivity index (χ1) is 15.7. The zero-order valence-corrected chi connectivity index (χ0v) is 17.2. The highest BCUT2D eigenvalue weighted by molar-refractivity contribution is 5.92. The summed E-state index contributed by atoms with van der Waals surface area (Å²) in [5.74, 6) is -0.0650. The van der Waals surface area contributed by atoms with E-state index in [-0.39, 0.29) is 30.2 Å². The molecule has 0 aliphatic carbocycles. The summed E-state index contributed by atoms with van der Waals surface area (Å²) in [5.41, 5.74) is 2.48. The number of hydrogen-bond acceptors (Lipinski definition) is 6. The van der Waals surface area contributed by atoms with Crippen LogP contribution in [0, 0.1) is 0 Å². The van der Waals surface area contributed by atoms with Crippen molar-refractivity contribution in [1.29, 1.82) is 0 Å². The summed E-state index contributed by atoms with van der Waals surface area (Å²) in [4.78, 5) is 37.2. The number of nitrogens with one attached hydrogen (secondary N) is 1. The first-order valence-electron chi connectivity index (χ1n) is 10.1. The normalized spacial score (nSPS) is 10.5. The maximum atomic E-state index is 12.4. The van der Waals surface area contributed by atoms with Gasteiger partial charge in [-0.05, 0) is 5.56 Å². The van der Waals surface area contributed by atoms with Gasteiger partial charge in [0.2, 0.25) is 5.88 Å². The fraction of sp³-hybridized carbons (Fsp3) is 0.125. The average Bonchev–Trinajstić information content (AvgIpc) is 2.85. The summed E-state index contributed by atoms with van der Waals surface area (Å²) in [5, 5.41) is 2.75. The molecule has 0 unspecified atom stereocenters. The smallest absolute Gasteiger partial charge is 0.270 e. The molecule has 0 spiro atoms. The van der Waals surface area contributed by atoms with Crippen molar-refractivity contribution < 1.29 is 9.53 Å². The summed E-state index contributed by atoms with van der Waals surface area (Å²) in [7, 11) is 0. The number of carbonyl (C=O) groups is 1. The molecule has 2 heterocycles. The van der Waals surface area contributed by atoms with E-state index >= 15 is 0 Å². The average molecular weight is 427 g/mol. The Morgan fingerprint density at radius 2 is 1.69 bits per heavy atom. The molecular formula is C24H21N5O3. The van der Waals surface area contributed by atoms with Gasteiger partial charge in [0.25, 0.3) is 11.5 Å². The first kappa shape index (κ1) is 20.9. The quantitative estimate of drug-likeness (QED) is 0.464. The standard InChI is InChI=1S/C24H21N5O3/c30-23-14-20(19-9-5-2-6-10-19)28-17-29(23)12-11-25-24(31)21-13-22(27-16-26-21)32-15-18-7-3-1-4-8-18/h1-10,13-14,16-17H,11-12,15H2,(H,25,31). The van der Waals surface area contributed by atoms with E-state index < -0.39 is 0 Å². The van der Waals surface area contributed by atoms with Crippen molar-refractivity contribution in [2.75, 3.05) is 6.54 Å². The second-order valence-electron chi connectivity index (χ2n) is 6.94. The van der Waals surface area contributed by atoms with Gasteiger partial charge in [0.15, 0.2) is 0 Å². The number of rotatable bonds is 8. The number of ether oxygens (including phenoxy) is 1. The maximum absolute atomic E-state index is 12.4. The van der Waals surface area contributed by atoms with E-state index in [1.165, 1.54) is 29.4 Å². The molecule has 2 aromatic heterocycles. The topological polar surface area (TPSA) is 99.0 Å². The molecule has 32 heavy (non-hydrogen) atoms. The predicted molar refractivity (Wildman–Crippen MR) is 119 cm³/mol. The Labute approximate surface area is 184 Å². The third-order valence-electron chi connectivity index (χ3n) is 4.69. The summed E-state index contributed by atoms with van der Waals surface area (Å²) < 4.78 is 7.08. The zero-order chi connectivity index (χ0) is 22.2. The molecule has 0 saturated heterocycles.